The first kappa shape index (κ1) is 59.6. The summed E-state index contributed by atoms with van der Waals surface area (Å²) in [6.07, 6.45) is -12.4. The molecule has 2 atom stereocenters. The number of rotatable bonds is 25. The highest BCUT2D eigenvalue weighted by Gasteiger charge is 2.95. The average Bonchev–Trinajstić information content (AvgIpc) is 3.24. The molecule has 0 aliphatic rings. The lowest BCUT2D eigenvalue weighted by Crippen LogP contribution is -2.74. The Morgan fingerprint density at radius 2 is 1.13 bits per heavy atom. The van der Waals surface area contributed by atoms with Crippen molar-refractivity contribution in [3.8, 4) is 11.5 Å². The van der Waals surface area contributed by atoms with E-state index in [1.54, 1.807) is 19.1 Å². The number of carbonyl (C=O) groups excluding carboxylic acids is 2. The number of methoxy groups -OCH3 is 2. The molecule has 0 aliphatic heterocycles. The van der Waals surface area contributed by atoms with Crippen LogP contribution in [0.4, 0.5) is 85.1 Å². The molecule has 0 fully saturated rings. The van der Waals surface area contributed by atoms with Crippen LogP contribution in [0.5, 0.6) is 11.5 Å². The largest absolute Gasteiger partial charge is 0.497 e. The van der Waals surface area contributed by atoms with E-state index < -0.39 is 117 Å². The number of ether oxygens (including phenoxy) is 5. The Kier molecular flexibility index (Phi) is 19.3. The van der Waals surface area contributed by atoms with Gasteiger partial charge in [0.1, 0.15) is 24.2 Å². The lowest BCUT2D eigenvalue weighted by atomic mass is 9.88. The highest BCUT2D eigenvalue weighted by atomic mass is 28.4. The second-order valence-electron chi connectivity index (χ2n) is 15.6. The van der Waals surface area contributed by atoms with E-state index >= 15 is 8.78 Å². The number of amides is 1. The van der Waals surface area contributed by atoms with Crippen molar-refractivity contribution in [2.24, 2.45) is 0 Å². The van der Waals surface area contributed by atoms with Gasteiger partial charge < -0.3 is 28.1 Å². The van der Waals surface area contributed by atoms with Gasteiger partial charge in [0.25, 0.3) is 0 Å². The molecule has 1 amide bonds. The SMILES string of the molecule is CCOC(=O)/C(C)=C/[C@H](OC)[C@@H](OC(=O)Nc1ccc(OC)cc1)c1ccc(OCCO[Si](CCC(F)(F)C(F)(F)C(F)(F)C(F)(F)C(F)(F)C(F)(F)C(F)(F)C(F)(F)F)(C(C)C)C(C)C)cc1. The zero-order valence-electron chi connectivity index (χ0n) is 37.2. The molecule has 0 heterocycles. The number of hydrogen-bond donors (Lipinski definition) is 1. The third-order valence-corrected chi connectivity index (χ3v) is 16.3. The van der Waals surface area contributed by atoms with Crippen molar-refractivity contribution in [1.29, 1.82) is 0 Å². The smallest absolute Gasteiger partial charge is 0.460 e. The van der Waals surface area contributed by atoms with E-state index in [0.29, 0.717) is 11.4 Å². The number of esters is 1. The predicted molar refractivity (Wildman–Crippen MR) is 211 cm³/mol. The first-order valence-corrected chi connectivity index (χ1v) is 22.3. The summed E-state index contributed by atoms with van der Waals surface area (Å²) < 4.78 is 269. The van der Waals surface area contributed by atoms with E-state index in [1.165, 1.54) is 91.3 Å². The third kappa shape index (κ3) is 12.1. The zero-order valence-corrected chi connectivity index (χ0v) is 38.2. The molecule has 27 heteroatoms. The van der Waals surface area contributed by atoms with Gasteiger partial charge in [-0.05, 0) is 79.0 Å². The summed E-state index contributed by atoms with van der Waals surface area (Å²) in [4.78, 5) is 25.4. The monoisotopic (exact) mass is 1030 g/mol. The van der Waals surface area contributed by atoms with Crippen LogP contribution in [0.15, 0.2) is 60.2 Å². The number of alkyl halides is 17. The molecule has 1 N–H and O–H groups in total. The summed E-state index contributed by atoms with van der Waals surface area (Å²) in [5.74, 6) is -57.1. The molecule has 0 aromatic heterocycles. The molecule has 0 saturated carbocycles. The van der Waals surface area contributed by atoms with E-state index in [1.807, 2.05) is 0 Å². The molecule has 2 rings (SSSR count). The van der Waals surface area contributed by atoms with Crippen molar-refractivity contribution >= 4 is 26.1 Å². The Morgan fingerprint density at radius 1 is 0.662 bits per heavy atom. The summed E-state index contributed by atoms with van der Waals surface area (Å²) in [5.41, 5.74) is -1.15. The summed E-state index contributed by atoms with van der Waals surface area (Å²) in [5, 5.41) is 2.53. The fourth-order valence-electron chi connectivity index (χ4n) is 6.60. The normalized spacial score (nSPS) is 15.0. The molecule has 0 spiro atoms. The average molecular weight is 1030 g/mol. The van der Waals surface area contributed by atoms with Crippen molar-refractivity contribution in [2.45, 2.75) is 125 Å². The van der Waals surface area contributed by atoms with Gasteiger partial charge in [-0.25, -0.2) is 9.59 Å². The minimum absolute atomic E-state index is 0.0478. The van der Waals surface area contributed by atoms with Gasteiger partial charge in [-0.15, -0.1) is 0 Å². The van der Waals surface area contributed by atoms with Crippen molar-refractivity contribution in [2.75, 3.05) is 39.4 Å². The van der Waals surface area contributed by atoms with Crippen molar-refractivity contribution in [1.82, 2.24) is 0 Å². The lowest BCUT2D eigenvalue weighted by molar-refractivity contribution is -0.461. The number of hydrogen-bond acceptors (Lipinski definition) is 8. The predicted octanol–water partition coefficient (Wildman–Crippen LogP) is 13.1. The Morgan fingerprint density at radius 3 is 1.57 bits per heavy atom. The molecule has 68 heavy (non-hydrogen) atoms. The number of benzene rings is 2. The molecule has 9 nitrogen and oxygen atoms in total. The molecule has 388 valence electrons. The van der Waals surface area contributed by atoms with Crippen LogP contribution in [0.25, 0.3) is 0 Å². The fraction of sp³-hybridized carbons (Fsp3) is 0.610. The van der Waals surface area contributed by atoms with Crippen LogP contribution in [0.2, 0.25) is 17.1 Å². The molecular formula is C41H48F17NO8Si. The van der Waals surface area contributed by atoms with E-state index in [2.05, 4.69) is 5.32 Å². The van der Waals surface area contributed by atoms with Crippen molar-refractivity contribution < 1.29 is 112 Å². The molecule has 0 unspecified atom stereocenters. The maximum atomic E-state index is 15.0. The third-order valence-electron chi connectivity index (χ3n) is 10.7. The van der Waals surface area contributed by atoms with Gasteiger partial charge in [0.15, 0.2) is 14.4 Å². The highest BCUT2D eigenvalue weighted by molar-refractivity contribution is 6.76. The number of carbonyl (C=O) groups is 2. The summed E-state index contributed by atoms with van der Waals surface area (Å²) in [6.45, 7) is 7.26. The standard InChI is InChI=1S/C41H48F17NO8Si/c1-9-64-32(60)25(6)22-30(63-8)31(67-33(61)59-27-12-16-28(62-7)17-13-27)26-10-14-29(15-11-26)65-19-20-66-68(23(2)3,24(4)5)21-18-34(42,43)35(44,45)36(46,47)37(48,49)38(50,51)39(52,53)40(54,55)41(56,57)58/h10-17,22-24,30-31H,9,18-21H2,1-8H3,(H,59,61)/b25-22+/t30-,31-/m0/s1. The van der Waals surface area contributed by atoms with Gasteiger partial charge in [0, 0.05) is 24.8 Å². The molecule has 2 aromatic carbocycles. The quantitative estimate of drug-likeness (QED) is 0.0345. The Labute approximate surface area is 379 Å². The number of nitrogens with one attached hydrogen (secondary N) is 1. The van der Waals surface area contributed by atoms with E-state index in [0.717, 1.165) is 0 Å². The van der Waals surface area contributed by atoms with Gasteiger partial charge in [0.05, 0.1) is 20.3 Å². The van der Waals surface area contributed by atoms with Crippen LogP contribution in [-0.4, -0.2) is 108 Å². The molecule has 0 radical (unpaired) electrons. The maximum absolute atomic E-state index is 15.0. The minimum atomic E-state index is -8.71. The molecule has 0 saturated heterocycles. The van der Waals surface area contributed by atoms with Gasteiger partial charge in [0.2, 0.25) is 0 Å². The Hall–Kier alpha value is -4.53. The highest BCUT2D eigenvalue weighted by Crippen LogP contribution is 2.64. The van der Waals surface area contributed by atoms with E-state index in [9.17, 15) is 75.4 Å². The summed E-state index contributed by atoms with van der Waals surface area (Å²) in [7, 11) is -1.35. The number of halogens is 17. The maximum Gasteiger partial charge on any atom is 0.460 e. The lowest BCUT2D eigenvalue weighted by Gasteiger charge is -2.44. The van der Waals surface area contributed by atoms with Gasteiger partial charge in [-0.3, -0.25) is 5.32 Å². The Balaban J connectivity index is 2.35. The van der Waals surface area contributed by atoms with E-state index in [-0.39, 0.29) is 23.5 Å². The van der Waals surface area contributed by atoms with Gasteiger partial charge >= 0.3 is 59.7 Å². The Bertz CT molecular complexity index is 1990. The topological polar surface area (TPSA) is 102 Å². The van der Waals surface area contributed by atoms with Crippen LogP contribution >= 0.6 is 0 Å². The fourth-order valence-corrected chi connectivity index (χ4v) is 11.1. The van der Waals surface area contributed by atoms with E-state index in [4.69, 9.17) is 28.1 Å². The summed E-state index contributed by atoms with van der Waals surface area (Å²) >= 11 is 0. The molecular weight excluding hydrogens is 986 g/mol. The van der Waals surface area contributed by atoms with Crippen LogP contribution in [0.3, 0.4) is 0 Å². The van der Waals surface area contributed by atoms with Crippen molar-refractivity contribution in [3.05, 3.63) is 65.7 Å². The van der Waals surface area contributed by atoms with Crippen LogP contribution < -0.4 is 14.8 Å². The van der Waals surface area contributed by atoms with Gasteiger partial charge in [-0.2, -0.15) is 74.6 Å². The van der Waals surface area contributed by atoms with Crippen LogP contribution in [0, 0.1) is 0 Å². The molecule has 0 bridgehead atoms. The first-order valence-electron chi connectivity index (χ1n) is 20.0. The molecule has 2 aromatic rings. The van der Waals surface area contributed by atoms with Crippen molar-refractivity contribution in [3.63, 3.8) is 0 Å². The second-order valence-corrected chi connectivity index (χ2v) is 20.6. The second kappa shape index (κ2) is 22.0. The van der Waals surface area contributed by atoms with Crippen LogP contribution in [0.1, 0.15) is 59.6 Å². The van der Waals surface area contributed by atoms with Crippen LogP contribution in [-0.2, 0) is 23.4 Å². The van der Waals surface area contributed by atoms with Gasteiger partial charge in [-0.1, -0.05) is 39.8 Å². The summed E-state index contributed by atoms with van der Waals surface area (Å²) in [6, 6.07) is 10.3. The zero-order chi connectivity index (χ0) is 52.7. The number of anilines is 1. The molecule has 0 aliphatic carbocycles. The minimum Gasteiger partial charge on any atom is -0.497 e. The first-order chi connectivity index (χ1) is 30.9.